The summed E-state index contributed by atoms with van der Waals surface area (Å²) in [5, 5.41) is 11.1. The summed E-state index contributed by atoms with van der Waals surface area (Å²) in [5.41, 5.74) is 0. The molecule has 0 aromatic carbocycles. The highest BCUT2D eigenvalue weighted by Crippen LogP contribution is 2.22. The molecule has 1 heterocycles. The van der Waals surface area contributed by atoms with Crippen LogP contribution in [0.4, 0.5) is 0 Å². The summed E-state index contributed by atoms with van der Waals surface area (Å²) < 4.78 is 0.622. The zero-order chi connectivity index (χ0) is 7.56. The minimum absolute atomic E-state index is 0.0666. The van der Waals surface area contributed by atoms with Crippen LogP contribution in [0, 0.1) is 0 Å². The Morgan fingerprint density at radius 1 is 1.60 bits per heavy atom. The van der Waals surface area contributed by atoms with E-state index >= 15 is 0 Å². The van der Waals surface area contributed by atoms with E-state index in [2.05, 4.69) is 5.16 Å². The summed E-state index contributed by atoms with van der Waals surface area (Å²) in [6.07, 6.45) is 0. The standard InChI is InChI=1S/C5H3Cl2NOS/c6-4-2-1-3(10-4)5(7)8-9/h1-2,9H. The van der Waals surface area contributed by atoms with Crippen molar-refractivity contribution in [3.05, 3.63) is 21.3 Å². The van der Waals surface area contributed by atoms with E-state index in [-0.39, 0.29) is 5.17 Å². The molecule has 1 N–H and O–H groups in total. The van der Waals surface area contributed by atoms with Gasteiger partial charge in [-0.15, -0.1) is 11.3 Å². The lowest BCUT2D eigenvalue weighted by molar-refractivity contribution is 0.321. The maximum atomic E-state index is 8.22. The van der Waals surface area contributed by atoms with Crippen molar-refractivity contribution in [1.29, 1.82) is 0 Å². The predicted octanol–water partition coefficient (Wildman–Crippen LogP) is 2.78. The maximum Gasteiger partial charge on any atom is 0.185 e. The van der Waals surface area contributed by atoms with Gasteiger partial charge in [-0.05, 0) is 12.1 Å². The molecule has 0 radical (unpaired) electrons. The van der Waals surface area contributed by atoms with Crippen LogP contribution in [-0.4, -0.2) is 10.4 Å². The minimum atomic E-state index is 0.0666. The van der Waals surface area contributed by atoms with Gasteiger partial charge in [0.05, 0.1) is 9.21 Å². The molecule has 0 bridgehead atoms. The highest BCUT2D eigenvalue weighted by Gasteiger charge is 2.02. The molecule has 0 saturated heterocycles. The summed E-state index contributed by atoms with van der Waals surface area (Å²) in [4.78, 5) is 0.661. The fraction of sp³-hybridized carbons (Fsp3) is 0. The van der Waals surface area contributed by atoms with Gasteiger partial charge in [-0.2, -0.15) is 0 Å². The van der Waals surface area contributed by atoms with Crippen molar-refractivity contribution in [3.63, 3.8) is 0 Å². The van der Waals surface area contributed by atoms with Crippen LogP contribution in [0.2, 0.25) is 4.34 Å². The number of rotatable bonds is 1. The van der Waals surface area contributed by atoms with Crippen molar-refractivity contribution in [1.82, 2.24) is 0 Å². The van der Waals surface area contributed by atoms with Crippen LogP contribution in [0.25, 0.3) is 0 Å². The minimum Gasteiger partial charge on any atom is -0.410 e. The molecule has 0 aliphatic heterocycles. The van der Waals surface area contributed by atoms with Gasteiger partial charge in [0.1, 0.15) is 0 Å². The molecule has 54 valence electrons. The second-order valence-electron chi connectivity index (χ2n) is 1.49. The van der Waals surface area contributed by atoms with E-state index < -0.39 is 0 Å². The lowest BCUT2D eigenvalue weighted by atomic mass is 10.5. The van der Waals surface area contributed by atoms with Gasteiger partial charge in [-0.25, -0.2) is 0 Å². The van der Waals surface area contributed by atoms with E-state index in [0.717, 1.165) is 0 Å². The first kappa shape index (κ1) is 7.85. The normalized spacial score (nSPS) is 12.0. The van der Waals surface area contributed by atoms with Crippen molar-refractivity contribution >= 4 is 39.7 Å². The van der Waals surface area contributed by atoms with E-state index in [1.165, 1.54) is 11.3 Å². The lowest BCUT2D eigenvalue weighted by Crippen LogP contribution is -1.83. The molecule has 0 aliphatic carbocycles. The zero-order valence-electron chi connectivity index (χ0n) is 4.71. The van der Waals surface area contributed by atoms with Gasteiger partial charge in [0.15, 0.2) is 5.17 Å². The summed E-state index contributed by atoms with van der Waals surface area (Å²) in [5.74, 6) is 0. The Morgan fingerprint density at radius 3 is 2.70 bits per heavy atom. The predicted molar refractivity (Wildman–Crippen MR) is 43.5 cm³/mol. The summed E-state index contributed by atoms with van der Waals surface area (Å²) >= 11 is 12.3. The van der Waals surface area contributed by atoms with Crippen LogP contribution in [-0.2, 0) is 0 Å². The molecular weight excluding hydrogens is 193 g/mol. The molecule has 0 spiro atoms. The Labute approximate surface area is 71.7 Å². The van der Waals surface area contributed by atoms with Gasteiger partial charge >= 0.3 is 0 Å². The van der Waals surface area contributed by atoms with Crippen LogP contribution in [0.5, 0.6) is 0 Å². The van der Waals surface area contributed by atoms with Crippen molar-refractivity contribution in [2.75, 3.05) is 0 Å². The Morgan fingerprint density at radius 2 is 2.30 bits per heavy atom. The topological polar surface area (TPSA) is 32.6 Å². The third-order valence-corrected chi connectivity index (χ3v) is 2.49. The first-order chi connectivity index (χ1) is 4.74. The van der Waals surface area contributed by atoms with E-state index in [9.17, 15) is 0 Å². The smallest absolute Gasteiger partial charge is 0.185 e. The van der Waals surface area contributed by atoms with E-state index in [4.69, 9.17) is 28.4 Å². The second-order valence-corrected chi connectivity index (χ2v) is 3.57. The van der Waals surface area contributed by atoms with Crippen molar-refractivity contribution < 1.29 is 5.21 Å². The molecule has 1 rings (SSSR count). The fourth-order valence-corrected chi connectivity index (χ4v) is 1.57. The summed E-state index contributed by atoms with van der Waals surface area (Å²) in [6.45, 7) is 0. The van der Waals surface area contributed by atoms with Crippen LogP contribution in [0.1, 0.15) is 4.88 Å². The highest BCUT2D eigenvalue weighted by molar-refractivity contribution is 7.19. The zero-order valence-corrected chi connectivity index (χ0v) is 7.04. The Bertz CT molecular complexity index is 258. The third-order valence-electron chi connectivity index (χ3n) is 0.864. The molecule has 0 atom stereocenters. The quantitative estimate of drug-likeness (QED) is 0.418. The molecule has 0 aliphatic rings. The van der Waals surface area contributed by atoms with Gasteiger partial charge < -0.3 is 5.21 Å². The van der Waals surface area contributed by atoms with Gasteiger partial charge in [0.2, 0.25) is 0 Å². The average Bonchev–Trinajstić information content (AvgIpc) is 2.34. The van der Waals surface area contributed by atoms with Crippen molar-refractivity contribution in [2.24, 2.45) is 5.16 Å². The summed E-state index contributed by atoms with van der Waals surface area (Å²) in [7, 11) is 0. The van der Waals surface area contributed by atoms with Crippen LogP contribution >= 0.6 is 34.5 Å². The molecule has 0 unspecified atom stereocenters. The SMILES string of the molecule is ON=C(Cl)c1ccc(Cl)s1. The van der Waals surface area contributed by atoms with Crippen LogP contribution < -0.4 is 0 Å². The van der Waals surface area contributed by atoms with E-state index in [1.54, 1.807) is 12.1 Å². The first-order valence-electron chi connectivity index (χ1n) is 2.37. The van der Waals surface area contributed by atoms with Gasteiger partial charge in [0, 0.05) is 0 Å². The van der Waals surface area contributed by atoms with Crippen LogP contribution in [0.15, 0.2) is 17.3 Å². The Hall–Kier alpha value is -0.250. The Kier molecular flexibility index (Phi) is 2.54. The average molecular weight is 196 g/mol. The van der Waals surface area contributed by atoms with E-state index in [0.29, 0.717) is 9.21 Å². The van der Waals surface area contributed by atoms with Crippen molar-refractivity contribution in [3.8, 4) is 0 Å². The molecule has 0 fully saturated rings. The van der Waals surface area contributed by atoms with Gasteiger partial charge in [0.25, 0.3) is 0 Å². The number of nitrogens with zero attached hydrogens (tertiary/aromatic N) is 1. The first-order valence-corrected chi connectivity index (χ1v) is 3.94. The maximum absolute atomic E-state index is 8.22. The molecule has 5 heteroatoms. The van der Waals surface area contributed by atoms with Crippen molar-refractivity contribution in [2.45, 2.75) is 0 Å². The van der Waals surface area contributed by atoms with Gasteiger partial charge in [-0.3, -0.25) is 0 Å². The number of halogens is 2. The van der Waals surface area contributed by atoms with Crippen LogP contribution in [0.3, 0.4) is 0 Å². The largest absolute Gasteiger partial charge is 0.410 e. The fourth-order valence-electron chi connectivity index (χ4n) is 0.474. The van der Waals surface area contributed by atoms with Gasteiger partial charge in [-0.1, -0.05) is 28.4 Å². The number of oxime groups is 1. The monoisotopic (exact) mass is 195 g/mol. The molecule has 0 amide bonds. The molecule has 10 heavy (non-hydrogen) atoms. The molecule has 1 aromatic rings. The highest BCUT2D eigenvalue weighted by atomic mass is 35.5. The second kappa shape index (κ2) is 3.23. The lowest BCUT2D eigenvalue weighted by Gasteiger charge is -1.84. The molecule has 1 aromatic heterocycles. The third kappa shape index (κ3) is 1.62. The van der Waals surface area contributed by atoms with E-state index in [1.807, 2.05) is 0 Å². The Balaban J connectivity index is 2.95. The number of hydrogen-bond acceptors (Lipinski definition) is 3. The molecular formula is C5H3Cl2NOS. The number of thiophene rings is 1. The molecule has 2 nitrogen and oxygen atoms in total. The number of hydrogen-bond donors (Lipinski definition) is 1. The summed E-state index contributed by atoms with van der Waals surface area (Å²) in [6, 6.07) is 3.38. The molecule has 0 saturated carbocycles.